The summed E-state index contributed by atoms with van der Waals surface area (Å²) in [5.41, 5.74) is 9.60. The molecule has 3 aromatic rings. The van der Waals surface area contributed by atoms with E-state index in [1.165, 1.54) is 12.1 Å². The van der Waals surface area contributed by atoms with Crippen molar-refractivity contribution in [2.24, 2.45) is 0 Å². The van der Waals surface area contributed by atoms with Crippen LogP contribution in [0.25, 0.3) is 11.2 Å². The number of hydrogen-bond acceptors (Lipinski definition) is 3. The molecule has 0 saturated carbocycles. The fourth-order valence-corrected chi connectivity index (χ4v) is 2.57. The van der Waals surface area contributed by atoms with Crippen LogP contribution >= 0.6 is 0 Å². The lowest BCUT2D eigenvalue weighted by Crippen LogP contribution is -2.12. The van der Waals surface area contributed by atoms with E-state index in [1.807, 2.05) is 23.6 Å². The standard InChI is InChI=1S/C16H17FN4/c1-10-3-8-14-15(19-10)21(16(18)20-14)11(2)9-12-4-6-13(17)7-5-12/h3-8,11H,9H2,1-2H3,(H2,18,20). The zero-order valence-corrected chi connectivity index (χ0v) is 12.0. The van der Waals surface area contributed by atoms with Gasteiger partial charge in [-0.2, -0.15) is 0 Å². The van der Waals surface area contributed by atoms with Gasteiger partial charge in [0, 0.05) is 11.7 Å². The van der Waals surface area contributed by atoms with Crippen LogP contribution in [0.2, 0.25) is 0 Å². The number of nitrogens with zero attached hydrogens (tertiary/aromatic N) is 3. The second-order valence-electron chi connectivity index (χ2n) is 5.31. The van der Waals surface area contributed by atoms with Crippen LogP contribution in [0, 0.1) is 12.7 Å². The Kier molecular flexibility index (Phi) is 3.33. The molecule has 0 radical (unpaired) electrons. The zero-order valence-electron chi connectivity index (χ0n) is 12.0. The lowest BCUT2D eigenvalue weighted by Gasteiger charge is -2.15. The number of nitrogen functional groups attached to an aromatic ring is 1. The maximum Gasteiger partial charge on any atom is 0.202 e. The lowest BCUT2D eigenvalue weighted by atomic mass is 10.1. The molecule has 0 aliphatic rings. The SMILES string of the molecule is Cc1ccc2nc(N)n(C(C)Cc3ccc(F)cc3)c2n1. The van der Waals surface area contributed by atoms with Gasteiger partial charge in [-0.3, -0.25) is 4.57 Å². The van der Waals surface area contributed by atoms with E-state index < -0.39 is 0 Å². The van der Waals surface area contributed by atoms with Crippen molar-refractivity contribution in [3.8, 4) is 0 Å². The third kappa shape index (κ3) is 2.59. The first-order chi connectivity index (χ1) is 10.0. The molecular weight excluding hydrogens is 267 g/mol. The number of benzene rings is 1. The van der Waals surface area contributed by atoms with Crippen molar-refractivity contribution in [1.29, 1.82) is 0 Å². The van der Waals surface area contributed by atoms with Crippen LogP contribution in [0.5, 0.6) is 0 Å². The number of rotatable bonds is 3. The summed E-state index contributed by atoms with van der Waals surface area (Å²) in [4.78, 5) is 8.88. The summed E-state index contributed by atoms with van der Waals surface area (Å²) in [5.74, 6) is 0.231. The number of aromatic nitrogens is 3. The molecule has 0 fully saturated rings. The van der Waals surface area contributed by atoms with Crippen LogP contribution in [0.1, 0.15) is 24.2 Å². The third-order valence-corrected chi connectivity index (χ3v) is 3.59. The number of halogens is 1. The average molecular weight is 284 g/mol. The Labute approximate surface area is 122 Å². The van der Waals surface area contributed by atoms with Gasteiger partial charge in [-0.15, -0.1) is 0 Å². The topological polar surface area (TPSA) is 56.7 Å². The molecule has 3 rings (SSSR count). The summed E-state index contributed by atoms with van der Waals surface area (Å²) in [6, 6.07) is 10.5. The first kappa shape index (κ1) is 13.5. The molecule has 5 heteroatoms. The number of fused-ring (bicyclic) bond motifs is 1. The van der Waals surface area contributed by atoms with Gasteiger partial charge in [0.1, 0.15) is 11.3 Å². The van der Waals surface area contributed by atoms with Gasteiger partial charge < -0.3 is 5.73 Å². The predicted molar refractivity (Wildman–Crippen MR) is 81.5 cm³/mol. The highest BCUT2D eigenvalue weighted by Gasteiger charge is 2.15. The average Bonchev–Trinajstić information content (AvgIpc) is 2.76. The normalized spacial score (nSPS) is 12.7. The summed E-state index contributed by atoms with van der Waals surface area (Å²) in [6.45, 7) is 4.00. The Balaban J connectivity index is 1.97. The van der Waals surface area contributed by atoms with Crippen LogP contribution in [-0.4, -0.2) is 14.5 Å². The van der Waals surface area contributed by atoms with E-state index in [0.29, 0.717) is 5.95 Å². The summed E-state index contributed by atoms with van der Waals surface area (Å²) < 4.78 is 14.9. The van der Waals surface area contributed by atoms with Gasteiger partial charge >= 0.3 is 0 Å². The number of pyridine rings is 1. The van der Waals surface area contributed by atoms with Gasteiger partial charge in [0.2, 0.25) is 5.95 Å². The Morgan fingerprint density at radius 3 is 2.57 bits per heavy atom. The minimum atomic E-state index is -0.226. The molecule has 0 amide bonds. The van der Waals surface area contributed by atoms with Crippen LogP contribution < -0.4 is 5.73 Å². The highest BCUT2D eigenvalue weighted by atomic mass is 19.1. The maximum absolute atomic E-state index is 13.0. The molecule has 1 atom stereocenters. The smallest absolute Gasteiger partial charge is 0.202 e. The molecule has 2 heterocycles. The van der Waals surface area contributed by atoms with Crippen molar-refractivity contribution in [2.45, 2.75) is 26.3 Å². The molecule has 0 saturated heterocycles. The first-order valence-electron chi connectivity index (χ1n) is 6.90. The third-order valence-electron chi connectivity index (χ3n) is 3.59. The summed E-state index contributed by atoms with van der Waals surface area (Å²) in [6.07, 6.45) is 0.742. The van der Waals surface area contributed by atoms with Crippen molar-refractivity contribution in [3.63, 3.8) is 0 Å². The van der Waals surface area contributed by atoms with Crippen molar-refractivity contribution in [3.05, 3.63) is 53.5 Å². The Morgan fingerprint density at radius 2 is 1.86 bits per heavy atom. The van der Waals surface area contributed by atoms with E-state index in [2.05, 4.69) is 16.9 Å². The van der Waals surface area contributed by atoms with E-state index in [1.54, 1.807) is 12.1 Å². The summed E-state index contributed by atoms with van der Waals surface area (Å²) in [7, 11) is 0. The van der Waals surface area contributed by atoms with Crippen molar-refractivity contribution < 1.29 is 4.39 Å². The number of nitrogens with two attached hydrogens (primary N) is 1. The van der Waals surface area contributed by atoms with E-state index in [9.17, 15) is 4.39 Å². The monoisotopic (exact) mass is 284 g/mol. The molecule has 21 heavy (non-hydrogen) atoms. The molecular formula is C16H17FN4. The lowest BCUT2D eigenvalue weighted by molar-refractivity contribution is 0.561. The summed E-state index contributed by atoms with van der Waals surface area (Å²) in [5, 5.41) is 0. The second-order valence-corrected chi connectivity index (χ2v) is 5.31. The largest absolute Gasteiger partial charge is 0.369 e. The molecule has 4 nitrogen and oxygen atoms in total. The van der Waals surface area contributed by atoms with Gasteiger partial charge in [-0.25, -0.2) is 14.4 Å². The zero-order chi connectivity index (χ0) is 15.0. The molecule has 2 N–H and O–H groups in total. The fraction of sp³-hybridized carbons (Fsp3) is 0.250. The predicted octanol–water partition coefficient (Wildman–Crippen LogP) is 3.26. The minimum absolute atomic E-state index is 0.0924. The molecule has 2 aromatic heterocycles. The van der Waals surface area contributed by atoms with E-state index in [-0.39, 0.29) is 11.9 Å². The van der Waals surface area contributed by atoms with Gasteiger partial charge in [-0.1, -0.05) is 12.1 Å². The number of aryl methyl sites for hydroxylation is 1. The van der Waals surface area contributed by atoms with Gasteiger partial charge in [0.05, 0.1) is 0 Å². The number of anilines is 1. The molecule has 0 spiro atoms. The maximum atomic E-state index is 13.0. The molecule has 0 bridgehead atoms. The number of imidazole rings is 1. The highest BCUT2D eigenvalue weighted by molar-refractivity contribution is 5.74. The number of hydrogen-bond donors (Lipinski definition) is 1. The quantitative estimate of drug-likeness (QED) is 0.803. The highest BCUT2D eigenvalue weighted by Crippen LogP contribution is 2.24. The fourth-order valence-electron chi connectivity index (χ4n) is 2.57. The van der Waals surface area contributed by atoms with Gasteiger partial charge in [0.25, 0.3) is 0 Å². The van der Waals surface area contributed by atoms with Crippen LogP contribution in [0.4, 0.5) is 10.3 Å². The van der Waals surface area contributed by atoms with Gasteiger partial charge in [-0.05, 0) is 50.1 Å². The Morgan fingerprint density at radius 1 is 1.14 bits per heavy atom. The van der Waals surface area contributed by atoms with Crippen LogP contribution in [0.15, 0.2) is 36.4 Å². The van der Waals surface area contributed by atoms with Gasteiger partial charge in [0.15, 0.2) is 5.65 Å². The van der Waals surface area contributed by atoms with Crippen molar-refractivity contribution >= 4 is 17.1 Å². The van der Waals surface area contributed by atoms with E-state index in [4.69, 9.17) is 5.73 Å². The molecule has 108 valence electrons. The minimum Gasteiger partial charge on any atom is -0.369 e. The molecule has 0 aliphatic carbocycles. The first-order valence-corrected chi connectivity index (χ1v) is 6.90. The Hall–Kier alpha value is -2.43. The molecule has 0 aliphatic heterocycles. The van der Waals surface area contributed by atoms with Crippen molar-refractivity contribution in [1.82, 2.24) is 14.5 Å². The van der Waals surface area contributed by atoms with Crippen LogP contribution in [0.3, 0.4) is 0 Å². The van der Waals surface area contributed by atoms with Crippen LogP contribution in [-0.2, 0) is 6.42 Å². The second kappa shape index (κ2) is 5.16. The van der Waals surface area contributed by atoms with E-state index in [0.717, 1.165) is 28.8 Å². The summed E-state index contributed by atoms with van der Waals surface area (Å²) >= 11 is 0. The van der Waals surface area contributed by atoms with E-state index >= 15 is 0 Å². The molecule has 1 unspecified atom stereocenters. The Bertz CT molecular complexity index is 777. The van der Waals surface area contributed by atoms with Crippen molar-refractivity contribution in [2.75, 3.05) is 5.73 Å². The molecule has 1 aromatic carbocycles.